The Bertz CT molecular complexity index is 147. The lowest BCUT2D eigenvalue weighted by Gasteiger charge is -2.36. The van der Waals surface area contributed by atoms with Gasteiger partial charge in [-0.25, -0.2) is 8.78 Å². The number of hydrogen-bond donors (Lipinski definition) is 1. The highest BCUT2D eigenvalue weighted by atomic mass is 32.1. The maximum atomic E-state index is 12.0. The van der Waals surface area contributed by atoms with Gasteiger partial charge in [0.25, 0.3) is 6.43 Å². The lowest BCUT2D eigenvalue weighted by molar-refractivity contribution is 0.0550. The van der Waals surface area contributed by atoms with Gasteiger partial charge in [-0.2, -0.15) is 12.6 Å². The van der Waals surface area contributed by atoms with Gasteiger partial charge in [-0.3, -0.25) is 9.80 Å². The van der Waals surface area contributed by atoms with Crippen LogP contribution < -0.4 is 0 Å². The van der Waals surface area contributed by atoms with E-state index in [0.717, 1.165) is 26.2 Å². The normalized spacial score (nSPS) is 23.8. The Kier molecular flexibility index (Phi) is 4.41. The highest BCUT2D eigenvalue weighted by Crippen LogP contribution is 2.09. The Hall–Kier alpha value is 0.130. The molecule has 1 heterocycles. The van der Waals surface area contributed by atoms with Crippen molar-refractivity contribution in [2.24, 2.45) is 0 Å². The van der Waals surface area contributed by atoms with Gasteiger partial charge in [-0.1, -0.05) is 0 Å². The first-order valence-corrected chi connectivity index (χ1v) is 5.04. The fraction of sp³-hybridized carbons (Fsp3) is 1.00. The molecule has 0 spiro atoms. The molecule has 0 aromatic carbocycles. The summed E-state index contributed by atoms with van der Waals surface area (Å²) in [6.07, 6.45) is -2.21. The second kappa shape index (κ2) is 5.12. The van der Waals surface area contributed by atoms with Crippen molar-refractivity contribution in [2.75, 3.05) is 32.7 Å². The van der Waals surface area contributed by atoms with Crippen molar-refractivity contribution in [1.29, 1.82) is 0 Å². The molecule has 0 N–H and O–H groups in total. The van der Waals surface area contributed by atoms with Crippen LogP contribution in [-0.4, -0.2) is 54.3 Å². The number of alkyl halides is 2. The summed E-state index contributed by atoms with van der Waals surface area (Å²) in [5.41, 5.74) is 0. The smallest absolute Gasteiger partial charge is 0.251 e. The van der Waals surface area contributed by atoms with Crippen molar-refractivity contribution in [3.8, 4) is 0 Å². The van der Waals surface area contributed by atoms with Crippen LogP contribution in [0.15, 0.2) is 0 Å². The van der Waals surface area contributed by atoms with Gasteiger partial charge >= 0.3 is 0 Å². The highest BCUT2D eigenvalue weighted by molar-refractivity contribution is 7.80. The molecule has 1 unspecified atom stereocenters. The summed E-state index contributed by atoms with van der Waals surface area (Å²) in [6, 6.07) is 0. The molecule has 1 atom stereocenters. The van der Waals surface area contributed by atoms with Gasteiger partial charge in [-0.15, -0.1) is 0 Å². The minimum atomic E-state index is -2.21. The van der Waals surface area contributed by atoms with Crippen molar-refractivity contribution < 1.29 is 8.78 Å². The quantitative estimate of drug-likeness (QED) is 0.698. The summed E-state index contributed by atoms with van der Waals surface area (Å²) in [7, 11) is 0. The topological polar surface area (TPSA) is 6.48 Å². The van der Waals surface area contributed by atoms with Crippen molar-refractivity contribution in [1.82, 2.24) is 9.80 Å². The average molecular weight is 210 g/mol. The molecule has 5 heteroatoms. The molecule has 0 aromatic rings. The molecule has 1 rings (SSSR count). The van der Waals surface area contributed by atoms with E-state index < -0.39 is 6.43 Å². The van der Waals surface area contributed by atoms with E-state index in [-0.39, 0.29) is 11.9 Å². The molecule has 13 heavy (non-hydrogen) atoms. The van der Waals surface area contributed by atoms with Crippen LogP contribution in [0.5, 0.6) is 0 Å². The number of rotatable bonds is 3. The summed E-state index contributed by atoms with van der Waals surface area (Å²) in [5, 5.41) is 0.230. The lowest BCUT2D eigenvalue weighted by Crippen LogP contribution is -2.49. The van der Waals surface area contributed by atoms with Crippen LogP contribution in [-0.2, 0) is 0 Å². The predicted molar refractivity (Wildman–Crippen MR) is 52.5 cm³/mol. The van der Waals surface area contributed by atoms with Crippen LogP contribution in [0, 0.1) is 0 Å². The van der Waals surface area contributed by atoms with E-state index in [9.17, 15) is 8.78 Å². The fourth-order valence-corrected chi connectivity index (χ4v) is 1.75. The molecule has 1 saturated heterocycles. The number of nitrogens with zero attached hydrogens (tertiary/aromatic N) is 2. The average Bonchev–Trinajstić information content (AvgIpc) is 2.04. The second-order valence-electron chi connectivity index (χ2n) is 3.36. The van der Waals surface area contributed by atoms with E-state index in [1.807, 2.05) is 6.92 Å². The minimum absolute atomic E-state index is 0.0885. The van der Waals surface area contributed by atoms with Gasteiger partial charge in [0.2, 0.25) is 0 Å². The van der Waals surface area contributed by atoms with Crippen molar-refractivity contribution in [3.05, 3.63) is 0 Å². The lowest BCUT2D eigenvalue weighted by atomic mass is 10.3. The maximum absolute atomic E-state index is 12.0. The van der Waals surface area contributed by atoms with Gasteiger partial charge < -0.3 is 0 Å². The highest BCUT2D eigenvalue weighted by Gasteiger charge is 2.20. The van der Waals surface area contributed by atoms with Crippen LogP contribution in [0.2, 0.25) is 0 Å². The van der Waals surface area contributed by atoms with Crippen LogP contribution >= 0.6 is 12.6 Å². The Balaban J connectivity index is 2.22. The third-order valence-electron chi connectivity index (χ3n) is 2.33. The number of thiol groups is 1. The second-order valence-corrected chi connectivity index (χ2v) is 4.11. The van der Waals surface area contributed by atoms with Gasteiger partial charge in [0.05, 0.1) is 6.54 Å². The van der Waals surface area contributed by atoms with Crippen molar-refractivity contribution in [3.63, 3.8) is 0 Å². The monoisotopic (exact) mass is 210 g/mol. The molecule has 1 aliphatic heterocycles. The third-order valence-corrected chi connectivity index (χ3v) is 2.66. The number of halogens is 2. The van der Waals surface area contributed by atoms with Crippen LogP contribution in [0.4, 0.5) is 8.78 Å². The summed E-state index contributed by atoms with van der Waals surface area (Å²) >= 11 is 4.30. The van der Waals surface area contributed by atoms with E-state index in [1.165, 1.54) is 0 Å². The maximum Gasteiger partial charge on any atom is 0.251 e. The van der Waals surface area contributed by atoms with Gasteiger partial charge in [0, 0.05) is 31.6 Å². The molecule has 0 radical (unpaired) electrons. The van der Waals surface area contributed by atoms with Crippen molar-refractivity contribution >= 4 is 12.6 Å². The Morgan fingerprint density at radius 2 is 1.77 bits per heavy atom. The molecule has 1 fully saturated rings. The van der Waals surface area contributed by atoms with E-state index >= 15 is 0 Å². The standard InChI is InChI=1S/C8H16F2N2S/c1-7(13)12-4-2-11(3-5-12)6-8(9)10/h7-8,13H,2-6H2,1H3. The Labute approximate surface area is 83.3 Å². The third kappa shape index (κ3) is 3.79. The molecule has 78 valence electrons. The van der Waals surface area contributed by atoms with Gasteiger partial charge in [0.1, 0.15) is 0 Å². The van der Waals surface area contributed by atoms with E-state index in [1.54, 1.807) is 4.90 Å². The van der Waals surface area contributed by atoms with E-state index in [4.69, 9.17) is 0 Å². The SMILES string of the molecule is CC(S)N1CCN(CC(F)F)CC1. The summed E-state index contributed by atoms with van der Waals surface area (Å²) in [4.78, 5) is 3.99. The molecular formula is C8H16F2N2S. The van der Waals surface area contributed by atoms with Gasteiger partial charge in [0.15, 0.2) is 0 Å². The Morgan fingerprint density at radius 1 is 1.23 bits per heavy atom. The fourth-order valence-electron chi connectivity index (χ4n) is 1.51. The van der Waals surface area contributed by atoms with Crippen molar-refractivity contribution in [2.45, 2.75) is 18.7 Å². The summed E-state index contributed by atoms with van der Waals surface area (Å²) in [6.45, 7) is 5.07. The molecule has 0 saturated carbocycles. The molecule has 0 bridgehead atoms. The minimum Gasteiger partial charge on any atom is -0.295 e. The first kappa shape index (κ1) is 11.2. The zero-order valence-corrected chi connectivity index (χ0v) is 8.68. The predicted octanol–water partition coefficient (Wildman–Crippen LogP) is 1.14. The zero-order chi connectivity index (χ0) is 9.84. The first-order chi connectivity index (χ1) is 6.09. The van der Waals surface area contributed by atoms with E-state index in [2.05, 4.69) is 17.5 Å². The van der Waals surface area contributed by atoms with Crippen LogP contribution in [0.25, 0.3) is 0 Å². The first-order valence-electron chi connectivity index (χ1n) is 4.52. The summed E-state index contributed by atoms with van der Waals surface area (Å²) < 4.78 is 24.0. The number of piperazine rings is 1. The molecular weight excluding hydrogens is 194 g/mol. The molecule has 0 aliphatic carbocycles. The molecule has 1 aliphatic rings. The van der Waals surface area contributed by atoms with Gasteiger partial charge in [-0.05, 0) is 6.92 Å². The van der Waals surface area contributed by atoms with E-state index in [0.29, 0.717) is 0 Å². The molecule has 2 nitrogen and oxygen atoms in total. The van der Waals surface area contributed by atoms with Crippen LogP contribution in [0.1, 0.15) is 6.92 Å². The Morgan fingerprint density at radius 3 is 2.15 bits per heavy atom. The zero-order valence-electron chi connectivity index (χ0n) is 7.79. The summed E-state index contributed by atoms with van der Waals surface area (Å²) in [5.74, 6) is 0. The number of hydrogen-bond acceptors (Lipinski definition) is 3. The molecule has 0 amide bonds. The largest absolute Gasteiger partial charge is 0.295 e. The molecule has 0 aromatic heterocycles. The van der Waals surface area contributed by atoms with Crippen LogP contribution in [0.3, 0.4) is 0 Å².